The fraction of sp³-hybridized carbons (Fsp3) is 0.643. The van der Waals surface area contributed by atoms with Gasteiger partial charge in [-0.05, 0) is 30.9 Å². The lowest BCUT2D eigenvalue weighted by atomic mass is 10.1. The fourth-order valence-electron chi connectivity index (χ4n) is 1.48. The number of guanidine groups is 1. The normalized spacial score (nSPS) is 12.1. The Labute approximate surface area is 115 Å². The zero-order valence-electron chi connectivity index (χ0n) is 11.9. The summed E-state index contributed by atoms with van der Waals surface area (Å²) in [5.74, 6) is 2.04. The molecule has 1 rings (SSSR count). The minimum absolute atomic E-state index is 0.513. The lowest BCUT2D eigenvalue weighted by Crippen LogP contribution is -2.33. The van der Waals surface area contributed by atoms with Crippen molar-refractivity contribution in [3.8, 4) is 0 Å². The van der Waals surface area contributed by atoms with E-state index in [-0.39, 0.29) is 0 Å². The van der Waals surface area contributed by atoms with Gasteiger partial charge in [0.15, 0.2) is 5.96 Å². The standard InChI is InChI=1S/C14H25N3O2/c1-12(2)6-8-17-14(15)16-7-4-9-18-11-13-5-3-10-19-13/h3,5,10,12H,4,6-9,11H2,1-2H3,(H3,15,16,17). The number of nitrogens with two attached hydrogens (primary N) is 1. The van der Waals surface area contributed by atoms with Gasteiger partial charge in [0.2, 0.25) is 0 Å². The van der Waals surface area contributed by atoms with Crippen LogP contribution in [-0.2, 0) is 11.3 Å². The van der Waals surface area contributed by atoms with Crippen LogP contribution in [0.3, 0.4) is 0 Å². The maximum absolute atomic E-state index is 5.73. The number of ether oxygens (including phenoxy) is 1. The van der Waals surface area contributed by atoms with Gasteiger partial charge in [-0.2, -0.15) is 0 Å². The van der Waals surface area contributed by atoms with Crippen LogP contribution < -0.4 is 11.1 Å². The van der Waals surface area contributed by atoms with Gasteiger partial charge in [0.25, 0.3) is 0 Å². The Bertz CT molecular complexity index is 348. The van der Waals surface area contributed by atoms with Crippen LogP contribution in [0.2, 0.25) is 0 Å². The molecule has 0 radical (unpaired) electrons. The van der Waals surface area contributed by atoms with Crippen LogP contribution in [0.25, 0.3) is 0 Å². The Kier molecular flexibility index (Phi) is 7.74. The summed E-state index contributed by atoms with van der Waals surface area (Å²) >= 11 is 0. The lowest BCUT2D eigenvalue weighted by molar-refractivity contribution is 0.105. The first-order valence-corrected chi connectivity index (χ1v) is 6.82. The minimum Gasteiger partial charge on any atom is -0.467 e. The average Bonchev–Trinajstić information content (AvgIpc) is 2.86. The summed E-state index contributed by atoms with van der Waals surface area (Å²) in [5.41, 5.74) is 5.73. The molecule has 1 heterocycles. The summed E-state index contributed by atoms with van der Waals surface area (Å²) in [6, 6.07) is 3.75. The monoisotopic (exact) mass is 267 g/mol. The molecule has 0 fully saturated rings. The van der Waals surface area contributed by atoms with E-state index in [0.717, 1.165) is 25.1 Å². The van der Waals surface area contributed by atoms with Crippen molar-refractivity contribution in [1.29, 1.82) is 0 Å². The molecule has 0 aromatic carbocycles. The Morgan fingerprint density at radius 1 is 1.53 bits per heavy atom. The van der Waals surface area contributed by atoms with E-state index >= 15 is 0 Å². The third-order valence-electron chi connectivity index (χ3n) is 2.58. The molecule has 0 spiro atoms. The molecular formula is C14H25N3O2. The number of aliphatic imine (C=N–C) groups is 1. The Balaban J connectivity index is 1.96. The third kappa shape index (κ3) is 8.26. The molecule has 1 aromatic rings. The molecule has 0 aliphatic heterocycles. The first-order chi connectivity index (χ1) is 9.18. The molecule has 0 amide bonds. The van der Waals surface area contributed by atoms with E-state index in [1.165, 1.54) is 0 Å². The molecule has 0 bridgehead atoms. The van der Waals surface area contributed by atoms with E-state index in [1.807, 2.05) is 12.1 Å². The van der Waals surface area contributed by atoms with Crippen LogP contribution in [0.1, 0.15) is 32.4 Å². The molecule has 0 saturated carbocycles. The topological polar surface area (TPSA) is 72.8 Å². The maximum atomic E-state index is 5.73. The number of rotatable bonds is 9. The van der Waals surface area contributed by atoms with Crippen molar-refractivity contribution >= 4 is 5.96 Å². The van der Waals surface area contributed by atoms with Crippen molar-refractivity contribution < 1.29 is 9.15 Å². The highest BCUT2D eigenvalue weighted by atomic mass is 16.5. The zero-order valence-corrected chi connectivity index (χ0v) is 11.9. The van der Waals surface area contributed by atoms with Crippen LogP contribution in [0, 0.1) is 5.92 Å². The quantitative estimate of drug-likeness (QED) is 0.408. The van der Waals surface area contributed by atoms with Crippen molar-refractivity contribution in [2.75, 3.05) is 19.7 Å². The largest absolute Gasteiger partial charge is 0.467 e. The van der Waals surface area contributed by atoms with Gasteiger partial charge in [-0.15, -0.1) is 0 Å². The van der Waals surface area contributed by atoms with Crippen molar-refractivity contribution in [2.45, 2.75) is 33.3 Å². The van der Waals surface area contributed by atoms with Crippen molar-refractivity contribution in [3.05, 3.63) is 24.2 Å². The molecular weight excluding hydrogens is 242 g/mol. The molecule has 0 unspecified atom stereocenters. The van der Waals surface area contributed by atoms with Crippen molar-refractivity contribution in [1.82, 2.24) is 5.32 Å². The minimum atomic E-state index is 0.513. The number of nitrogens with zero attached hydrogens (tertiary/aromatic N) is 1. The first-order valence-electron chi connectivity index (χ1n) is 6.82. The number of hydrogen-bond donors (Lipinski definition) is 2. The first kappa shape index (κ1) is 15.6. The predicted octanol–water partition coefficient (Wildman–Crippen LogP) is 2.14. The number of hydrogen-bond acceptors (Lipinski definition) is 3. The van der Waals surface area contributed by atoms with Gasteiger partial charge < -0.3 is 20.2 Å². The molecule has 0 aliphatic rings. The van der Waals surface area contributed by atoms with Gasteiger partial charge in [-0.25, -0.2) is 0 Å². The van der Waals surface area contributed by atoms with Gasteiger partial charge in [-0.3, -0.25) is 4.99 Å². The van der Waals surface area contributed by atoms with E-state index in [2.05, 4.69) is 24.2 Å². The Hall–Kier alpha value is -1.49. The van der Waals surface area contributed by atoms with E-state index in [0.29, 0.717) is 31.6 Å². The van der Waals surface area contributed by atoms with Crippen molar-refractivity contribution in [2.24, 2.45) is 16.6 Å². The van der Waals surface area contributed by atoms with Gasteiger partial charge in [0.1, 0.15) is 12.4 Å². The second-order valence-electron chi connectivity index (χ2n) is 4.86. The number of nitrogens with one attached hydrogen (secondary N) is 1. The van der Waals surface area contributed by atoms with Gasteiger partial charge in [-0.1, -0.05) is 13.8 Å². The SMILES string of the molecule is CC(C)CCNC(N)=NCCCOCc1ccco1. The van der Waals surface area contributed by atoms with Gasteiger partial charge in [0.05, 0.1) is 6.26 Å². The van der Waals surface area contributed by atoms with E-state index in [9.17, 15) is 0 Å². The molecule has 19 heavy (non-hydrogen) atoms. The molecule has 0 saturated heterocycles. The highest BCUT2D eigenvalue weighted by Gasteiger charge is 1.96. The summed E-state index contributed by atoms with van der Waals surface area (Å²) in [6.07, 6.45) is 3.60. The lowest BCUT2D eigenvalue weighted by Gasteiger charge is -2.07. The van der Waals surface area contributed by atoms with Crippen LogP contribution >= 0.6 is 0 Å². The summed E-state index contributed by atoms with van der Waals surface area (Å²) < 4.78 is 10.6. The number of furan rings is 1. The van der Waals surface area contributed by atoms with Crippen LogP contribution in [-0.4, -0.2) is 25.7 Å². The summed E-state index contributed by atoms with van der Waals surface area (Å²) in [7, 11) is 0. The van der Waals surface area contributed by atoms with Crippen LogP contribution in [0.15, 0.2) is 27.8 Å². The molecule has 3 N–H and O–H groups in total. The molecule has 108 valence electrons. The molecule has 5 heteroatoms. The Morgan fingerprint density at radius 3 is 3.05 bits per heavy atom. The maximum Gasteiger partial charge on any atom is 0.188 e. The van der Waals surface area contributed by atoms with Crippen LogP contribution in [0.4, 0.5) is 0 Å². The van der Waals surface area contributed by atoms with E-state index in [1.54, 1.807) is 6.26 Å². The second-order valence-corrected chi connectivity index (χ2v) is 4.86. The molecule has 5 nitrogen and oxygen atoms in total. The molecule has 0 atom stereocenters. The highest BCUT2D eigenvalue weighted by Crippen LogP contribution is 2.01. The zero-order chi connectivity index (χ0) is 13.9. The average molecular weight is 267 g/mol. The van der Waals surface area contributed by atoms with Crippen molar-refractivity contribution in [3.63, 3.8) is 0 Å². The highest BCUT2D eigenvalue weighted by molar-refractivity contribution is 5.77. The molecule has 1 aromatic heterocycles. The summed E-state index contributed by atoms with van der Waals surface area (Å²) in [5, 5.41) is 3.10. The predicted molar refractivity (Wildman–Crippen MR) is 76.9 cm³/mol. The van der Waals surface area contributed by atoms with Crippen LogP contribution in [0.5, 0.6) is 0 Å². The Morgan fingerprint density at radius 2 is 2.37 bits per heavy atom. The van der Waals surface area contributed by atoms with E-state index in [4.69, 9.17) is 14.9 Å². The second kappa shape index (κ2) is 9.44. The fourth-order valence-corrected chi connectivity index (χ4v) is 1.48. The third-order valence-corrected chi connectivity index (χ3v) is 2.58. The van der Waals surface area contributed by atoms with Gasteiger partial charge in [0, 0.05) is 19.7 Å². The smallest absolute Gasteiger partial charge is 0.188 e. The summed E-state index contributed by atoms with van der Waals surface area (Å²) in [4.78, 5) is 4.24. The molecule has 0 aliphatic carbocycles. The van der Waals surface area contributed by atoms with E-state index < -0.39 is 0 Å². The summed E-state index contributed by atoms with van der Waals surface area (Å²) in [6.45, 7) is 7.10. The van der Waals surface area contributed by atoms with Gasteiger partial charge >= 0.3 is 0 Å².